The molecule has 0 atom stereocenters. The Bertz CT molecular complexity index is 990. The molecule has 0 saturated carbocycles. The Morgan fingerprint density at radius 1 is 1.00 bits per heavy atom. The lowest BCUT2D eigenvalue weighted by Crippen LogP contribution is -2.13. The normalized spacial score (nSPS) is 10.2. The van der Waals surface area contributed by atoms with Gasteiger partial charge in [0, 0.05) is 6.20 Å². The maximum Gasteiger partial charge on any atom is 0.340 e. The molecule has 7 heteroatoms. The standard InChI is InChI=1S/C21H18ClN3O3/c1-2-28-21(27)15-7-3-5-9-17(15)24-19-12-11-14(13-23-19)20(26)25-18-10-6-4-8-16(18)22/h3-13H,2H2,1H3,(H,23,24)(H,25,26). The smallest absolute Gasteiger partial charge is 0.340 e. The molecule has 0 radical (unpaired) electrons. The third-order valence-electron chi connectivity index (χ3n) is 3.83. The minimum absolute atomic E-state index is 0.292. The Morgan fingerprint density at radius 3 is 2.39 bits per heavy atom. The van der Waals surface area contributed by atoms with E-state index in [0.29, 0.717) is 39.9 Å². The Balaban J connectivity index is 1.73. The van der Waals surface area contributed by atoms with Gasteiger partial charge in [-0.25, -0.2) is 9.78 Å². The third-order valence-corrected chi connectivity index (χ3v) is 4.16. The van der Waals surface area contributed by atoms with Crippen LogP contribution in [-0.4, -0.2) is 23.5 Å². The second kappa shape index (κ2) is 9.01. The number of pyridine rings is 1. The molecule has 0 spiro atoms. The molecular weight excluding hydrogens is 378 g/mol. The first kappa shape index (κ1) is 19.4. The van der Waals surface area contributed by atoms with Crippen molar-refractivity contribution >= 4 is 40.7 Å². The number of hydrogen-bond acceptors (Lipinski definition) is 5. The van der Waals surface area contributed by atoms with Gasteiger partial charge in [0.05, 0.1) is 34.1 Å². The Hall–Kier alpha value is -3.38. The molecule has 28 heavy (non-hydrogen) atoms. The Kier molecular flexibility index (Phi) is 6.24. The van der Waals surface area contributed by atoms with Gasteiger partial charge in [-0.15, -0.1) is 0 Å². The van der Waals surface area contributed by atoms with Crippen molar-refractivity contribution in [1.29, 1.82) is 0 Å². The lowest BCUT2D eigenvalue weighted by molar-refractivity contribution is 0.0527. The number of hydrogen-bond donors (Lipinski definition) is 2. The number of carbonyl (C=O) groups is 2. The van der Waals surface area contributed by atoms with Gasteiger partial charge in [0.15, 0.2) is 0 Å². The Morgan fingerprint density at radius 2 is 1.71 bits per heavy atom. The monoisotopic (exact) mass is 395 g/mol. The lowest BCUT2D eigenvalue weighted by Gasteiger charge is -2.11. The molecule has 2 N–H and O–H groups in total. The van der Waals surface area contributed by atoms with E-state index in [1.54, 1.807) is 67.6 Å². The molecular formula is C21H18ClN3O3. The number of benzene rings is 2. The number of ether oxygens (including phenoxy) is 1. The zero-order valence-corrected chi connectivity index (χ0v) is 15.9. The molecule has 0 saturated heterocycles. The number of nitrogens with one attached hydrogen (secondary N) is 2. The predicted octanol–water partition coefficient (Wildman–Crippen LogP) is 4.91. The summed E-state index contributed by atoms with van der Waals surface area (Å²) in [4.78, 5) is 28.7. The van der Waals surface area contributed by atoms with Crippen LogP contribution in [0.15, 0.2) is 66.9 Å². The summed E-state index contributed by atoms with van der Waals surface area (Å²) in [5.41, 5.74) is 1.89. The molecule has 3 aromatic rings. The predicted molar refractivity (Wildman–Crippen MR) is 109 cm³/mol. The maximum atomic E-state index is 12.4. The van der Waals surface area contributed by atoms with Crippen LogP contribution < -0.4 is 10.6 Å². The number of esters is 1. The first-order valence-electron chi connectivity index (χ1n) is 8.63. The van der Waals surface area contributed by atoms with Gasteiger partial charge in [0.2, 0.25) is 0 Å². The number of anilines is 3. The van der Waals surface area contributed by atoms with Crippen LogP contribution in [-0.2, 0) is 4.74 Å². The molecule has 2 aromatic carbocycles. The second-order valence-corrected chi connectivity index (χ2v) is 6.16. The number of amides is 1. The van der Waals surface area contributed by atoms with E-state index < -0.39 is 5.97 Å². The van der Waals surface area contributed by atoms with Crippen molar-refractivity contribution in [3.05, 3.63) is 83.0 Å². The van der Waals surface area contributed by atoms with Crippen LogP contribution in [0, 0.1) is 0 Å². The first-order chi connectivity index (χ1) is 13.6. The number of rotatable bonds is 6. The van der Waals surface area contributed by atoms with Gasteiger partial charge in [-0.2, -0.15) is 0 Å². The highest BCUT2D eigenvalue weighted by Gasteiger charge is 2.13. The zero-order valence-electron chi connectivity index (χ0n) is 15.1. The summed E-state index contributed by atoms with van der Waals surface area (Å²) >= 11 is 6.06. The summed E-state index contributed by atoms with van der Waals surface area (Å²) < 4.78 is 5.06. The van der Waals surface area contributed by atoms with E-state index in [1.165, 1.54) is 6.20 Å². The Labute approximate surface area is 167 Å². The topological polar surface area (TPSA) is 80.3 Å². The minimum atomic E-state index is -0.415. The summed E-state index contributed by atoms with van der Waals surface area (Å²) in [7, 11) is 0. The van der Waals surface area contributed by atoms with Crippen LogP contribution in [0.5, 0.6) is 0 Å². The van der Waals surface area contributed by atoms with E-state index in [1.807, 2.05) is 0 Å². The van der Waals surface area contributed by atoms with Crippen molar-refractivity contribution in [1.82, 2.24) is 4.98 Å². The van der Waals surface area contributed by atoms with Crippen molar-refractivity contribution in [2.75, 3.05) is 17.2 Å². The first-order valence-corrected chi connectivity index (χ1v) is 9.01. The van der Waals surface area contributed by atoms with Gasteiger partial charge >= 0.3 is 5.97 Å². The van der Waals surface area contributed by atoms with Crippen molar-refractivity contribution in [3.8, 4) is 0 Å². The summed E-state index contributed by atoms with van der Waals surface area (Å²) in [6.07, 6.45) is 1.45. The molecule has 0 bridgehead atoms. The molecule has 1 heterocycles. The van der Waals surface area contributed by atoms with Gasteiger partial charge in [-0.3, -0.25) is 4.79 Å². The van der Waals surface area contributed by atoms with Gasteiger partial charge in [0.1, 0.15) is 5.82 Å². The second-order valence-electron chi connectivity index (χ2n) is 5.76. The highest BCUT2D eigenvalue weighted by atomic mass is 35.5. The van der Waals surface area contributed by atoms with Crippen LogP contribution in [0.25, 0.3) is 0 Å². The maximum absolute atomic E-state index is 12.4. The summed E-state index contributed by atoms with van der Waals surface area (Å²) in [6, 6.07) is 17.3. The summed E-state index contributed by atoms with van der Waals surface area (Å²) in [5.74, 6) is -0.244. The molecule has 0 fully saturated rings. The van der Waals surface area contributed by atoms with Crippen LogP contribution in [0.4, 0.5) is 17.2 Å². The van der Waals surface area contributed by atoms with Crippen molar-refractivity contribution in [3.63, 3.8) is 0 Å². The van der Waals surface area contributed by atoms with Crippen molar-refractivity contribution in [2.24, 2.45) is 0 Å². The van der Waals surface area contributed by atoms with Crippen LogP contribution in [0.3, 0.4) is 0 Å². The van der Waals surface area contributed by atoms with Gasteiger partial charge < -0.3 is 15.4 Å². The molecule has 1 amide bonds. The zero-order chi connectivity index (χ0) is 19.9. The van der Waals surface area contributed by atoms with Crippen molar-refractivity contribution < 1.29 is 14.3 Å². The molecule has 142 valence electrons. The largest absolute Gasteiger partial charge is 0.462 e. The number of aromatic nitrogens is 1. The molecule has 3 rings (SSSR count). The van der Waals surface area contributed by atoms with E-state index >= 15 is 0 Å². The van der Waals surface area contributed by atoms with E-state index in [4.69, 9.17) is 16.3 Å². The quantitative estimate of drug-likeness (QED) is 0.580. The van der Waals surface area contributed by atoms with E-state index in [0.717, 1.165) is 0 Å². The van der Waals surface area contributed by atoms with Gasteiger partial charge in [0.25, 0.3) is 5.91 Å². The van der Waals surface area contributed by atoms with E-state index in [2.05, 4.69) is 15.6 Å². The summed E-state index contributed by atoms with van der Waals surface area (Å²) in [5, 5.41) is 6.27. The summed E-state index contributed by atoms with van der Waals surface area (Å²) in [6.45, 7) is 2.04. The third kappa shape index (κ3) is 4.66. The molecule has 6 nitrogen and oxygen atoms in total. The van der Waals surface area contributed by atoms with Crippen LogP contribution in [0.2, 0.25) is 5.02 Å². The van der Waals surface area contributed by atoms with Crippen molar-refractivity contribution in [2.45, 2.75) is 6.92 Å². The van der Waals surface area contributed by atoms with E-state index in [-0.39, 0.29) is 5.91 Å². The van der Waals surface area contributed by atoms with E-state index in [9.17, 15) is 9.59 Å². The highest BCUT2D eigenvalue weighted by Crippen LogP contribution is 2.22. The number of para-hydroxylation sites is 2. The number of halogens is 1. The SMILES string of the molecule is CCOC(=O)c1ccccc1Nc1ccc(C(=O)Nc2ccccc2Cl)cn1. The fourth-order valence-electron chi connectivity index (χ4n) is 2.48. The number of nitrogens with zero attached hydrogens (tertiary/aromatic N) is 1. The van der Waals surface area contributed by atoms with Gasteiger partial charge in [-0.05, 0) is 43.3 Å². The molecule has 0 unspecified atom stereocenters. The number of carbonyl (C=O) groups excluding carboxylic acids is 2. The lowest BCUT2D eigenvalue weighted by atomic mass is 10.1. The average Bonchev–Trinajstić information content (AvgIpc) is 2.71. The van der Waals surface area contributed by atoms with Crippen LogP contribution in [0.1, 0.15) is 27.6 Å². The molecule has 0 aliphatic carbocycles. The fraction of sp³-hybridized carbons (Fsp3) is 0.0952. The molecule has 0 aliphatic heterocycles. The highest BCUT2D eigenvalue weighted by molar-refractivity contribution is 6.33. The van der Waals surface area contributed by atoms with Crippen LogP contribution >= 0.6 is 11.6 Å². The molecule has 0 aliphatic rings. The minimum Gasteiger partial charge on any atom is -0.462 e. The fourth-order valence-corrected chi connectivity index (χ4v) is 2.66. The molecule has 1 aromatic heterocycles. The van der Waals surface area contributed by atoms with Gasteiger partial charge in [-0.1, -0.05) is 35.9 Å². The average molecular weight is 396 g/mol.